The highest BCUT2D eigenvalue weighted by atomic mass is 16.3. The van der Waals surface area contributed by atoms with Crippen molar-refractivity contribution >= 4 is 5.91 Å². The molecule has 1 unspecified atom stereocenters. The van der Waals surface area contributed by atoms with E-state index in [4.69, 9.17) is 4.42 Å². The molecule has 1 aliphatic rings. The molecule has 2 rings (SSSR count). The molecule has 0 spiro atoms. The van der Waals surface area contributed by atoms with Gasteiger partial charge in [0, 0.05) is 19.0 Å². The van der Waals surface area contributed by atoms with E-state index >= 15 is 0 Å². The van der Waals surface area contributed by atoms with Crippen molar-refractivity contribution in [2.45, 2.75) is 64.7 Å². The zero-order chi connectivity index (χ0) is 18.6. The Kier molecular flexibility index (Phi) is 9.71. The molecule has 1 saturated heterocycles. The maximum absolute atomic E-state index is 12.3. The van der Waals surface area contributed by atoms with Crippen molar-refractivity contribution in [2.24, 2.45) is 0 Å². The third kappa shape index (κ3) is 7.08. The standard InChI is InChI=1S/C20H36N4O2/c1-3-5-12-24(13-6-4-2)14-8-11-22-19(25)18-16-26-20(23-18)17-9-7-10-21-15-17/h16-17,21H,3-15H2,1-2H3,(H,22,25). The fourth-order valence-corrected chi connectivity index (χ4v) is 3.34. The van der Waals surface area contributed by atoms with Gasteiger partial charge in [0.1, 0.15) is 6.26 Å². The van der Waals surface area contributed by atoms with Crippen LogP contribution in [-0.4, -0.2) is 55.1 Å². The first-order valence-electron chi connectivity index (χ1n) is 10.4. The van der Waals surface area contributed by atoms with E-state index in [2.05, 4.69) is 34.4 Å². The first-order chi connectivity index (χ1) is 12.7. The highest BCUT2D eigenvalue weighted by Gasteiger charge is 2.21. The van der Waals surface area contributed by atoms with Gasteiger partial charge in [-0.25, -0.2) is 4.98 Å². The zero-order valence-corrected chi connectivity index (χ0v) is 16.6. The van der Waals surface area contributed by atoms with E-state index in [9.17, 15) is 4.79 Å². The monoisotopic (exact) mass is 364 g/mol. The lowest BCUT2D eigenvalue weighted by atomic mass is 10.00. The Bertz CT molecular complexity index is 504. The van der Waals surface area contributed by atoms with Crippen LogP contribution < -0.4 is 10.6 Å². The van der Waals surface area contributed by atoms with Crippen LogP contribution in [0.5, 0.6) is 0 Å². The summed E-state index contributed by atoms with van der Waals surface area (Å²) in [5.74, 6) is 0.848. The van der Waals surface area contributed by atoms with Crippen LogP contribution in [-0.2, 0) is 0 Å². The molecule has 148 valence electrons. The van der Waals surface area contributed by atoms with Gasteiger partial charge in [0.05, 0.1) is 0 Å². The van der Waals surface area contributed by atoms with Crippen LogP contribution in [0.4, 0.5) is 0 Å². The number of oxazole rings is 1. The van der Waals surface area contributed by atoms with E-state index in [0.29, 0.717) is 18.1 Å². The molecule has 1 fully saturated rings. The number of rotatable bonds is 12. The predicted octanol–water partition coefficient (Wildman–Crippen LogP) is 3.16. The molecule has 1 aliphatic heterocycles. The van der Waals surface area contributed by atoms with Crippen LogP contribution in [0.25, 0.3) is 0 Å². The molecule has 0 aliphatic carbocycles. The Morgan fingerprint density at radius 1 is 1.27 bits per heavy atom. The second kappa shape index (κ2) is 12.1. The molecule has 1 atom stereocenters. The number of amides is 1. The Morgan fingerprint density at radius 2 is 2.00 bits per heavy atom. The summed E-state index contributed by atoms with van der Waals surface area (Å²) < 4.78 is 5.54. The largest absolute Gasteiger partial charge is 0.448 e. The van der Waals surface area contributed by atoms with E-state index in [1.807, 2.05) is 0 Å². The SMILES string of the molecule is CCCCN(CCCC)CCCNC(=O)c1coc(C2CCCNC2)n1. The van der Waals surface area contributed by atoms with Gasteiger partial charge in [0.25, 0.3) is 5.91 Å². The number of nitrogens with zero attached hydrogens (tertiary/aromatic N) is 2. The number of carbonyl (C=O) groups is 1. The van der Waals surface area contributed by atoms with Crippen LogP contribution in [0.2, 0.25) is 0 Å². The van der Waals surface area contributed by atoms with Gasteiger partial charge in [0.15, 0.2) is 11.6 Å². The first kappa shape index (κ1) is 20.9. The molecule has 6 heteroatoms. The molecule has 26 heavy (non-hydrogen) atoms. The van der Waals surface area contributed by atoms with Crippen molar-refractivity contribution in [3.63, 3.8) is 0 Å². The topological polar surface area (TPSA) is 70.4 Å². The van der Waals surface area contributed by atoms with Gasteiger partial charge >= 0.3 is 0 Å². The summed E-state index contributed by atoms with van der Waals surface area (Å²) in [5, 5.41) is 6.33. The summed E-state index contributed by atoms with van der Waals surface area (Å²) in [6.45, 7) is 10.4. The number of carbonyl (C=O) groups excluding carboxylic acids is 1. The molecule has 2 N–H and O–H groups in total. The summed E-state index contributed by atoms with van der Waals surface area (Å²) in [7, 11) is 0. The van der Waals surface area contributed by atoms with Gasteiger partial charge < -0.3 is 20.0 Å². The second-order valence-electron chi connectivity index (χ2n) is 7.27. The van der Waals surface area contributed by atoms with E-state index in [0.717, 1.165) is 52.0 Å². The number of piperidine rings is 1. The Morgan fingerprint density at radius 3 is 2.65 bits per heavy atom. The lowest BCUT2D eigenvalue weighted by molar-refractivity contribution is 0.0946. The maximum atomic E-state index is 12.3. The Hall–Kier alpha value is -1.40. The third-order valence-corrected chi connectivity index (χ3v) is 4.99. The number of unbranched alkanes of at least 4 members (excludes halogenated alkanes) is 2. The normalized spacial score (nSPS) is 17.6. The Labute approximate surface area is 158 Å². The minimum Gasteiger partial charge on any atom is -0.448 e. The van der Waals surface area contributed by atoms with Crippen molar-refractivity contribution in [1.82, 2.24) is 20.5 Å². The molecular weight excluding hydrogens is 328 g/mol. The second-order valence-corrected chi connectivity index (χ2v) is 7.27. The van der Waals surface area contributed by atoms with Crippen molar-refractivity contribution in [1.29, 1.82) is 0 Å². The van der Waals surface area contributed by atoms with E-state index < -0.39 is 0 Å². The molecule has 6 nitrogen and oxygen atoms in total. The third-order valence-electron chi connectivity index (χ3n) is 4.99. The van der Waals surface area contributed by atoms with Gasteiger partial charge in [-0.3, -0.25) is 4.79 Å². The van der Waals surface area contributed by atoms with Gasteiger partial charge in [-0.05, 0) is 58.3 Å². The number of hydrogen-bond acceptors (Lipinski definition) is 5. The van der Waals surface area contributed by atoms with Gasteiger partial charge in [-0.15, -0.1) is 0 Å². The fraction of sp³-hybridized carbons (Fsp3) is 0.800. The Balaban J connectivity index is 1.69. The molecule has 0 aromatic carbocycles. The van der Waals surface area contributed by atoms with Gasteiger partial charge in [-0.1, -0.05) is 26.7 Å². The first-order valence-corrected chi connectivity index (χ1v) is 10.4. The average molecular weight is 365 g/mol. The lowest BCUT2D eigenvalue weighted by Crippen LogP contribution is -2.31. The van der Waals surface area contributed by atoms with E-state index in [1.54, 1.807) is 0 Å². The highest BCUT2D eigenvalue weighted by Crippen LogP contribution is 2.22. The summed E-state index contributed by atoms with van der Waals surface area (Å²) in [6.07, 6.45) is 9.60. The molecule has 0 radical (unpaired) electrons. The average Bonchev–Trinajstić information content (AvgIpc) is 3.17. The number of aromatic nitrogens is 1. The van der Waals surface area contributed by atoms with Crippen molar-refractivity contribution < 1.29 is 9.21 Å². The van der Waals surface area contributed by atoms with Crippen LogP contribution >= 0.6 is 0 Å². The van der Waals surface area contributed by atoms with Crippen molar-refractivity contribution in [3.05, 3.63) is 17.8 Å². The predicted molar refractivity (Wildman–Crippen MR) is 105 cm³/mol. The minimum absolute atomic E-state index is 0.127. The smallest absolute Gasteiger partial charge is 0.273 e. The van der Waals surface area contributed by atoms with Crippen LogP contribution in [0.3, 0.4) is 0 Å². The maximum Gasteiger partial charge on any atom is 0.273 e. The van der Waals surface area contributed by atoms with E-state index in [-0.39, 0.29) is 11.8 Å². The zero-order valence-electron chi connectivity index (χ0n) is 16.6. The van der Waals surface area contributed by atoms with Crippen LogP contribution in [0, 0.1) is 0 Å². The molecule has 1 aromatic rings. The van der Waals surface area contributed by atoms with Gasteiger partial charge in [0.2, 0.25) is 0 Å². The van der Waals surface area contributed by atoms with Gasteiger partial charge in [-0.2, -0.15) is 0 Å². The number of nitrogens with one attached hydrogen (secondary N) is 2. The molecule has 1 aromatic heterocycles. The summed E-state index contributed by atoms with van der Waals surface area (Å²) in [4.78, 5) is 19.2. The lowest BCUT2D eigenvalue weighted by Gasteiger charge is -2.21. The molecular formula is C20H36N4O2. The van der Waals surface area contributed by atoms with Crippen LogP contribution in [0.1, 0.15) is 81.1 Å². The molecule has 0 saturated carbocycles. The van der Waals surface area contributed by atoms with Crippen molar-refractivity contribution in [3.8, 4) is 0 Å². The molecule has 1 amide bonds. The summed E-state index contributed by atoms with van der Waals surface area (Å²) >= 11 is 0. The van der Waals surface area contributed by atoms with Crippen LogP contribution in [0.15, 0.2) is 10.7 Å². The highest BCUT2D eigenvalue weighted by molar-refractivity contribution is 5.91. The summed E-state index contributed by atoms with van der Waals surface area (Å²) in [5.41, 5.74) is 0.402. The minimum atomic E-state index is -0.127. The van der Waals surface area contributed by atoms with E-state index in [1.165, 1.54) is 31.9 Å². The molecule has 2 heterocycles. The molecule has 0 bridgehead atoms. The van der Waals surface area contributed by atoms with Crippen molar-refractivity contribution in [2.75, 3.05) is 39.3 Å². The summed E-state index contributed by atoms with van der Waals surface area (Å²) in [6, 6.07) is 0. The fourth-order valence-electron chi connectivity index (χ4n) is 3.34. The quantitative estimate of drug-likeness (QED) is 0.558. The number of hydrogen-bond donors (Lipinski definition) is 2.